The zero-order chi connectivity index (χ0) is 19.8. The fourth-order valence-corrected chi connectivity index (χ4v) is 3.04. The van der Waals surface area contributed by atoms with E-state index < -0.39 is 30.0 Å². The smallest absolute Gasteiger partial charge is 0.416 e. The number of hydrogen-bond acceptors (Lipinski definition) is 5. The van der Waals surface area contributed by atoms with Crippen LogP contribution in [0.1, 0.15) is 25.3 Å². The summed E-state index contributed by atoms with van der Waals surface area (Å²) in [4.78, 5) is 38.4. The van der Waals surface area contributed by atoms with Gasteiger partial charge < -0.3 is 15.2 Å². The second-order valence-electron chi connectivity index (χ2n) is 6.71. The largest absolute Gasteiger partial charge is 0.447 e. The van der Waals surface area contributed by atoms with E-state index in [1.54, 1.807) is 13.0 Å². The standard InChI is InChI=1S/C20H26N2O5/c1-3-7-16(11-18(24)21-14(2)12-23)19(25)22-17(13-27-20(22)26)10-15-8-5-4-6-9-15/h3-6,8-9,14,16-17,23H,1,7,10-13H2,2H3,(H,21,24)/t14?,16-,17?/m1/s1. The van der Waals surface area contributed by atoms with Gasteiger partial charge in [0.15, 0.2) is 0 Å². The zero-order valence-corrected chi connectivity index (χ0v) is 15.5. The average Bonchev–Trinajstić information content (AvgIpc) is 3.01. The van der Waals surface area contributed by atoms with Crippen LogP contribution in [0.3, 0.4) is 0 Å². The highest BCUT2D eigenvalue weighted by Crippen LogP contribution is 2.23. The fourth-order valence-electron chi connectivity index (χ4n) is 3.04. The Balaban J connectivity index is 2.10. The molecule has 0 bridgehead atoms. The molecule has 0 radical (unpaired) electrons. The van der Waals surface area contributed by atoms with Crippen molar-refractivity contribution in [2.24, 2.45) is 5.92 Å². The van der Waals surface area contributed by atoms with Gasteiger partial charge in [0.05, 0.1) is 18.6 Å². The Labute approximate surface area is 159 Å². The van der Waals surface area contributed by atoms with E-state index in [1.807, 2.05) is 30.3 Å². The van der Waals surface area contributed by atoms with Crippen molar-refractivity contribution < 1.29 is 24.2 Å². The van der Waals surface area contributed by atoms with Crippen LogP contribution in [0.2, 0.25) is 0 Å². The first-order valence-corrected chi connectivity index (χ1v) is 9.01. The van der Waals surface area contributed by atoms with E-state index in [0.29, 0.717) is 6.42 Å². The van der Waals surface area contributed by atoms with Gasteiger partial charge in [0.2, 0.25) is 11.8 Å². The van der Waals surface area contributed by atoms with Crippen molar-refractivity contribution in [1.82, 2.24) is 10.2 Å². The van der Waals surface area contributed by atoms with E-state index in [-0.39, 0.29) is 32.0 Å². The Bertz CT molecular complexity index is 676. The molecule has 1 aromatic rings. The van der Waals surface area contributed by atoms with Crippen molar-refractivity contribution in [1.29, 1.82) is 0 Å². The van der Waals surface area contributed by atoms with Gasteiger partial charge in [0.25, 0.3) is 0 Å². The summed E-state index contributed by atoms with van der Waals surface area (Å²) in [5.74, 6) is -1.51. The van der Waals surface area contributed by atoms with Crippen molar-refractivity contribution in [3.8, 4) is 0 Å². The first kappa shape index (κ1) is 20.6. The number of carbonyl (C=O) groups excluding carboxylic acids is 3. The number of aliphatic hydroxyl groups is 1. The number of amides is 3. The molecule has 1 aliphatic heterocycles. The van der Waals surface area contributed by atoms with Crippen molar-refractivity contribution >= 4 is 17.9 Å². The molecule has 7 heteroatoms. The van der Waals surface area contributed by atoms with Crippen LogP contribution < -0.4 is 5.32 Å². The molecule has 1 aromatic carbocycles. The molecule has 1 aliphatic rings. The molecule has 0 saturated carbocycles. The average molecular weight is 374 g/mol. The van der Waals surface area contributed by atoms with Gasteiger partial charge in [-0.2, -0.15) is 0 Å². The highest BCUT2D eigenvalue weighted by atomic mass is 16.6. The molecule has 0 aromatic heterocycles. The summed E-state index contributed by atoms with van der Waals surface area (Å²) in [6.45, 7) is 5.25. The number of nitrogens with zero attached hydrogens (tertiary/aromatic N) is 1. The molecule has 3 amide bonds. The molecule has 146 valence electrons. The summed E-state index contributed by atoms with van der Waals surface area (Å²) in [6, 6.07) is 8.74. The predicted octanol–water partition coefficient (Wildman–Crippen LogP) is 1.66. The van der Waals surface area contributed by atoms with Crippen molar-refractivity contribution in [3.05, 3.63) is 48.6 Å². The Hall–Kier alpha value is -2.67. The summed E-state index contributed by atoms with van der Waals surface area (Å²) in [5, 5.41) is 11.7. The lowest BCUT2D eigenvalue weighted by Crippen LogP contribution is -2.45. The van der Waals surface area contributed by atoms with Crippen LogP contribution >= 0.6 is 0 Å². The van der Waals surface area contributed by atoms with Crippen molar-refractivity contribution in [2.75, 3.05) is 13.2 Å². The molecular formula is C20H26N2O5. The molecule has 0 aliphatic carbocycles. The molecule has 1 saturated heterocycles. The predicted molar refractivity (Wildman–Crippen MR) is 99.7 cm³/mol. The number of benzene rings is 1. The van der Waals surface area contributed by atoms with Gasteiger partial charge in [0, 0.05) is 12.5 Å². The van der Waals surface area contributed by atoms with E-state index in [0.717, 1.165) is 10.5 Å². The normalized spacial score (nSPS) is 18.5. The van der Waals surface area contributed by atoms with Gasteiger partial charge in [0.1, 0.15) is 6.61 Å². The maximum atomic E-state index is 13.0. The van der Waals surface area contributed by atoms with Gasteiger partial charge in [-0.3, -0.25) is 9.59 Å². The number of allylic oxidation sites excluding steroid dienone is 1. The number of nitrogens with one attached hydrogen (secondary N) is 1. The number of rotatable bonds is 9. The Morgan fingerprint density at radius 2 is 2.11 bits per heavy atom. The molecule has 2 N–H and O–H groups in total. The van der Waals surface area contributed by atoms with Crippen LogP contribution in [0, 0.1) is 5.92 Å². The molecule has 2 unspecified atom stereocenters. The molecule has 7 nitrogen and oxygen atoms in total. The fraction of sp³-hybridized carbons (Fsp3) is 0.450. The van der Waals surface area contributed by atoms with E-state index in [1.165, 1.54) is 0 Å². The molecule has 27 heavy (non-hydrogen) atoms. The summed E-state index contributed by atoms with van der Waals surface area (Å²) in [6.07, 6.45) is 1.55. The molecule has 0 spiro atoms. The van der Waals surface area contributed by atoms with Crippen molar-refractivity contribution in [2.45, 2.75) is 38.3 Å². The Kier molecular flexibility index (Phi) is 7.55. The van der Waals surface area contributed by atoms with Crippen LogP contribution in [0.4, 0.5) is 4.79 Å². The maximum absolute atomic E-state index is 13.0. The third-order valence-electron chi connectivity index (χ3n) is 4.43. The summed E-state index contributed by atoms with van der Waals surface area (Å²) < 4.78 is 5.09. The number of hydrogen-bond donors (Lipinski definition) is 2. The SMILES string of the molecule is C=CC[C@H](CC(=O)NC(C)CO)C(=O)N1C(=O)OCC1Cc1ccccc1. The lowest BCUT2D eigenvalue weighted by molar-refractivity contribution is -0.136. The van der Waals surface area contributed by atoms with E-state index >= 15 is 0 Å². The van der Waals surface area contributed by atoms with Gasteiger partial charge in [-0.15, -0.1) is 6.58 Å². The number of ether oxygens (including phenoxy) is 1. The lowest BCUT2D eigenvalue weighted by Gasteiger charge is -2.24. The minimum absolute atomic E-state index is 0.0863. The lowest BCUT2D eigenvalue weighted by atomic mass is 9.97. The van der Waals surface area contributed by atoms with Crippen LogP contribution in [0.15, 0.2) is 43.0 Å². The molecular weight excluding hydrogens is 348 g/mol. The first-order valence-electron chi connectivity index (χ1n) is 9.01. The van der Waals surface area contributed by atoms with Gasteiger partial charge >= 0.3 is 6.09 Å². The Morgan fingerprint density at radius 1 is 1.41 bits per heavy atom. The Morgan fingerprint density at radius 3 is 2.74 bits per heavy atom. The first-order chi connectivity index (χ1) is 13.0. The third kappa shape index (κ3) is 5.65. The summed E-state index contributed by atoms with van der Waals surface area (Å²) in [7, 11) is 0. The van der Waals surface area contributed by atoms with Gasteiger partial charge in [-0.05, 0) is 25.3 Å². The number of cyclic esters (lactones) is 1. The van der Waals surface area contributed by atoms with E-state index in [9.17, 15) is 14.4 Å². The monoisotopic (exact) mass is 374 g/mol. The minimum atomic E-state index is -0.711. The topological polar surface area (TPSA) is 95.9 Å². The van der Waals surface area contributed by atoms with Gasteiger partial charge in [-0.1, -0.05) is 36.4 Å². The van der Waals surface area contributed by atoms with Crippen LogP contribution in [0.25, 0.3) is 0 Å². The van der Waals surface area contributed by atoms with Crippen LogP contribution in [-0.4, -0.2) is 53.2 Å². The van der Waals surface area contributed by atoms with Crippen molar-refractivity contribution in [3.63, 3.8) is 0 Å². The summed E-state index contributed by atoms with van der Waals surface area (Å²) >= 11 is 0. The molecule has 1 fully saturated rings. The molecule has 1 heterocycles. The second-order valence-corrected chi connectivity index (χ2v) is 6.71. The molecule has 3 atom stereocenters. The van der Waals surface area contributed by atoms with Crippen LogP contribution in [0.5, 0.6) is 0 Å². The van der Waals surface area contributed by atoms with Gasteiger partial charge in [-0.25, -0.2) is 9.69 Å². The number of carbonyl (C=O) groups is 3. The number of imide groups is 1. The summed E-state index contributed by atoms with van der Waals surface area (Å²) in [5.41, 5.74) is 0.994. The zero-order valence-electron chi connectivity index (χ0n) is 15.5. The quantitative estimate of drug-likeness (QED) is 0.641. The molecule has 2 rings (SSSR count). The third-order valence-corrected chi connectivity index (χ3v) is 4.43. The highest BCUT2D eigenvalue weighted by molar-refractivity contribution is 5.96. The van der Waals surface area contributed by atoms with E-state index in [2.05, 4.69) is 11.9 Å². The highest BCUT2D eigenvalue weighted by Gasteiger charge is 2.40. The second kappa shape index (κ2) is 9.87. The minimum Gasteiger partial charge on any atom is -0.447 e. The van der Waals surface area contributed by atoms with E-state index in [4.69, 9.17) is 9.84 Å². The number of aliphatic hydroxyl groups excluding tert-OH is 1. The maximum Gasteiger partial charge on any atom is 0.416 e. The van der Waals surface area contributed by atoms with Crippen LogP contribution in [-0.2, 0) is 20.7 Å².